The van der Waals surface area contributed by atoms with Crippen LogP contribution in [0.25, 0.3) is 72.7 Å². The summed E-state index contributed by atoms with van der Waals surface area (Å²) in [5.41, 5.74) is -3.78. The van der Waals surface area contributed by atoms with Gasteiger partial charge in [0.1, 0.15) is 11.6 Å². The molecule has 0 fully saturated rings. The number of hydrogen-bond acceptors (Lipinski definition) is 3. The first-order valence-electron chi connectivity index (χ1n) is 30.3. The molecule has 302 valence electrons. The predicted molar refractivity (Wildman–Crippen MR) is 253 cm³/mol. The minimum atomic E-state index is -3.86. The van der Waals surface area contributed by atoms with Gasteiger partial charge in [0.2, 0.25) is 0 Å². The molecule has 0 atom stereocenters. The first-order chi connectivity index (χ1) is 37.5. The molecule has 4 nitrogen and oxygen atoms in total. The zero-order valence-corrected chi connectivity index (χ0v) is 33.8. The van der Waals surface area contributed by atoms with Gasteiger partial charge in [-0.05, 0) is 129 Å². The van der Waals surface area contributed by atoms with Crippen molar-refractivity contribution < 1.29 is 35.3 Å². The van der Waals surface area contributed by atoms with Crippen LogP contribution in [0.2, 0.25) is 0 Å². The van der Waals surface area contributed by atoms with Crippen LogP contribution in [0.3, 0.4) is 0 Å². The van der Waals surface area contributed by atoms with Crippen LogP contribution < -0.4 is 0 Å². The standard InChI is InChI=1S/C56H57N3O/c1-35-28-36(2)52(60)47(29-35)53-58-51-45(18-15-19-50(51)59(53)49-25-24-43(55(6,7)8)34-46(49)38-16-13-12-14-17-38)40-30-41(32-44(31-40)56(9,10)11)48-33-39(26-27-57-48)37-20-22-42(23-21-37)54(3,4)5/h12-34,60H,1-11H3/i3D3,4D3,5D3,6D3,7D3,8D3,20D,21D,22D,23D. The van der Waals surface area contributed by atoms with Gasteiger partial charge in [-0.1, -0.05) is 147 Å². The number of para-hydroxylation sites is 1. The highest BCUT2D eigenvalue weighted by molar-refractivity contribution is 5.98. The van der Waals surface area contributed by atoms with Crippen LogP contribution in [-0.4, -0.2) is 19.6 Å². The van der Waals surface area contributed by atoms with Crippen molar-refractivity contribution in [2.24, 2.45) is 0 Å². The number of hydrogen-bond donors (Lipinski definition) is 1. The summed E-state index contributed by atoms with van der Waals surface area (Å²) in [6, 6.07) is 25.8. The SMILES string of the molecule is [2H]c1c([2H])c(C(C([2H])([2H])[2H])(C([2H])([2H])[2H])C([2H])([2H])[2H])c([2H])c([2H])c1-c1ccnc(-c2cc(-c3cccc4c3nc(-c3cc(C)cc(C)c3O)n4-c3ccc(C(C([2H])([2H])[2H])(C([2H])([2H])[2H])C([2H])([2H])[2H])cc3-c3ccccc3)cc(C(C)(C)C)c2)c1. The maximum absolute atomic E-state index is 11.9. The van der Waals surface area contributed by atoms with E-state index in [1.165, 1.54) is 36.5 Å². The summed E-state index contributed by atoms with van der Waals surface area (Å²) in [6.07, 6.45) is 1.35. The third-order valence-corrected chi connectivity index (χ3v) is 10.6. The average Bonchev–Trinajstić information content (AvgIpc) is 0.865. The summed E-state index contributed by atoms with van der Waals surface area (Å²) in [5.74, 6) is 0.0880. The molecule has 0 saturated carbocycles. The molecule has 8 aromatic rings. The van der Waals surface area contributed by atoms with E-state index in [1.54, 1.807) is 72.2 Å². The maximum Gasteiger partial charge on any atom is 0.149 e. The molecule has 0 radical (unpaired) electrons. The first kappa shape index (κ1) is 21.8. The zero-order valence-electron chi connectivity index (χ0n) is 55.8. The summed E-state index contributed by atoms with van der Waals surface area (Å²) in [6.45, 7) is -12.8. The van der Waals surface area contributed by atoms with E-state index in [2.05, 4.69) is 4.98 Å². The minimum absolute atomic E-state index is 0.0475. The van der Waals surface area contributed by atoms with Gasteiger partial charge in [0.25, 0.3) is 0 Å². The van der Waals surface area contributed by atoms with Gasteiger partial charge in [-0.15, -0.1) is 0 Å². The number of aromatic hydroxyl groups is 1. The number of rotatable bonds is 6. The lowest BCUT2D eigenvalue weighted by atomic mass is 9.83. The smallest absolute Gasteiger partial charge is 0.149 e. The van der Waals surface area contributed by atoms with Crippen molar-refractivity contribution in [2.75, 3.05) is 0 Å². The Kier molecular flexibility index (Phi) is 5.49. The molecule has 2 heterocycles. The fourth-order valence-corrected chi connectivity index (χ4v) is 7.45. The van der Waals surface area contributed by atoms with Crippen molar-refractivity contribution in [2.45, 2.75) is 92.0 Å². The molecule has 0 aliphatic heterocycles. The van der Waals surface area contributed by atoms with Crippen LogP contribution in [0.4, 0.5) is 0 Å². The normalized spacial score (nSPS) is 18.9. The zero-order chi connectivity index (χ0) is 61.2. The van der Waals surface area contributed by atoms with Crippen LogP contribution in [0.15, 0.2) is 140 Å². The molecule has 2 aromatic heterocycles. The Hall–Kier alpha value is -6.26. The fraction of sp³-hybridized carbons (Fsp3) is 0.250. The van der Waals surface area contributed by atoms with Crippen LogP contribution >= 0.6 is 0 Å². The van der Waals surface area contributed by atoms with Crippen molar-refractivity contribution >= 4 is 11.0 Å². The van der Waals surface area contributed by atoms with E-state index in [1.807, 2.05) is 45.9 Å². The number of aromatic nitrogens is 3. The summed E-state index contributed by atoms with van der Waals surface area (Å²) in [5, 5.41) is 11.9. The fourth-order valence-electron chi connectivity index (χ4n) is 7.45. The highest BCUT2D eigenvalue weighted by Gasteiger charge is 2.25. The van der Waals surface area contributed by atoms with E-state index in [0.717, 1.165) is 11.1 Å². The second-order valence-electron chi connectivity index (χ2n) is 16.2. The highest BCUT2D eigenvalue weighted by Crippen LogP contribution is 2.43. The Bertz CT molecular complexity index is 3700. The number of pyridine rings is 1. The second kappa shape index (κ2) is 15.1. The maximum atomic E-state index is 11.9. The Balaban J connectivity index is 1.42. The minimum Gasteiger partial charge on any atom is -0.507 e. The van der Waals surface area contributed by atoms with E-state index in [-0.39, 0.29) is 39.5 Å². The molecular weight excluding hydrogens is 731 g/mol. The summed E-state index contributed by atoms with van der Waals surface area (Å²) in [4.78, 5) is 9.94. The number of imidazole rings is 1. The van der Waals surface area contributed by atoms with Crippen molar-refractivity contribution in [3.05, 3.63) is 167 Å². The first-order valence-corrected chi connectivity index (χ1v) is 19.3. The monoisotopic (exact) mass is 810 g/mol. The molecule has 0 spiro atoms. The van der Waals surface area contributed by atoms with E-state index in [4.69, 9.17) is 35.1 Å². The quantitative estimate of drug-likeness (QED) is 0.182. The van der Waals surface area contributed by atoms with Gasteiger partial charge in [0, 0.05) is 47.6 Å². The molecule has 0 bridgehead atoms. The van der Waals surface area contributed by atoms with Gasteiger partial charge in [-0.2, -0.15) is 0 Å². The predicted octanol–water partition coefficient (Wildman–Crippen LogP) is 15.0. The third-order valence-electron chi connectivity index (χ3n) is 10.6. The van der Waals surface area contributed by atoms with E-state index < -0.39 is 92.7 Å². The highest BCUT2D eigenvalue weighted by atomic mass is 16.3. The van der Waals surface area contributed by atoms with Crippen molar-refractivity contribution in [1.82, 2.24) is 14.5 Å². The summed E-state index contributed by atoms with van der Waals surface area (Å²) in [7, 11) is 0. The molecule has 60 heavy (non-hydrogen) atoms. The van der Waals surface area contributed by atoms with E-state index in [0.29, 0.717) is 44.5 Å². The Morgan fingerprint density at radius 3 is 2.00 bits per heavy atom. The molecule has 0 aliphatic rings. The lowest BCUT2D eigenvalue weighted by molar-refractivity contribution is 0.472. The average molecular weight is 810 g/mol. The lowest BCUT2D eigenvalue weighted by Crippen LogP contribution is -2.12. The molecule has 0 amide bonds. The largest absolute Gasteiger partial charge is 0.507 e. The number of nitrogens with zero attached hydrogens (tertiary/aromatic N) is 3. The summed E-state index contributed by atoms with van der Waals surface area (Å²) < 4.78 is 189. The van der Waals surface area contributed by atoms with Gasteiger partial charge in [0.15, 0.2) is 0 Å². The topological polar surface area (TPSA) is 50.9 Å². The lowest BCUT2D eigenvalue weighted by Gasteiger charge is -2.23. The van der Waals surface area contributed by atoms with Crippen LogP contribution in [-0.2, 0) is 16.2 Å². The van der Waals surface area contributed by atoms with Gasteiger partial charge < -0.3 is 5.11 Å². The van der Waals surface area contributed by atoms with Crippen LogP contribution in [0.5, 0.6) is 5.75 Å². The van der Waals surface area contributed by atoms with Crippen molar-refractivity contribution in [1.29, 1.82) is 0 Å². The van der Waals surface area contributed by atoms with Gasteiger partial charge >= 0.3 is 0 Å². The van der Waals surface area contributed by atoms with E-state index in [9.17, 15) is 5.11 Å². The van der Waals surface area contributed by atoms with Gasteiger partial charge in [0.05, 0.1) is 33.5 Å². The number of benzene rings is 6. The molecule has 4 heteroatoms. The molecular formula is C56H57N3O. The van der Waals surface area contributed by atoms with Crippen LogP contribution in [0.1, 0.15) is 120 Å². The number of aryl methyl sites for hydroxylation is 2. The van der Waals surface area contributed by atoms with E-state index >= 15 is 0 Å². The van der Waals surface area contributed by atoms with Crippen molar-refractivity contribution in [3.63, 3.8) is 0 Å². The van der Waals surface area contributed by atoms with Crippen molar-refractivity contribution in [3.8, 4) is 67.5 Å². The summed E-state index contributed by atoms with van der Waals surface area (Å²) >= 11 is 0. The Morgan fingerprint density at radius 1 is 0.567 bits per heavy atom. The molecule has 0 aliphatic carbocycles. The molecule has 0 unspecified atom stereocenters. The Labute approximate surface area is 387 Å². The van der Waals surface area contributed by atoms with Gasteiger partial charge in [-0.3, -0.25) is 9.55 Å². The number of fused-ring (bicyclic) bond motifs is 1. The second-order valence-corrected chi connectivity index (χ2v) is 16.2. The molecule has 1 N–H and O–H groups in total. The molecule has 6 aromatic carbocycles. The number of phenols is 1. The molecule has 0 saturated heterocycles. The third kappa shape index (κ3) is 7.79. The Morgan fingerprint density at radius 2 is 1.28 bits per heavy atom. The van der Waals surface area contributed by atoms with Gasteiger partial charge in [-0.25, -0.2) is 4.98 Å². The number of phenolic OH excluding ortho intramolecular Hbond substituents is 1. The van der Waals surface area contributed by atoms with Crippen LogP contribution in [0, 0.1) is 13.8 Å². The molecule has 8 rings (SSSR count).